The van der Waals surface area contributed by atoms with Crippen LogP contribution < -0.4 is 14.8 Å². The largest absolute Gasteiger partial charge is 0.494 e. The van der Waals surface area contributed by atoms with Gasteiger partial charge in [-0.05, 0) is 48.9 Å². The zero-order valence-corrected chi connectivity index (χ0v) is 18.4. The Morgan fingerprint density at radius 1 is 1.06 bits per heavy atom. The average Bonchev–Trinajstić information content (AvgIpc) is 2.78. The number of carbonyl (C=O) groups is 1. The highest BCUT2D eigenvalue weighted by atomic mass is 32.2. The van der Waals surface area contributed by atoms with E-state index in [2.05, 4.69) is 10.1 Å². The van der Waals surface area contributed by atoms with E-state index in [0.29, 0.717) is 17.9 Å². The van der Waals surface area contributed by atoms with E-state index < -0.39 is 16.6 Å². The average molecular weight is 470 g/mol. The molecule has 3 rings (SSSR count). The Morgan fingerprint density at radius 2 is 1.75 bits per heavy atom. The fourth-order valence-electron chi connectivity index (χ4n) is 3.28. The van der Waals surface area contributed by atoms with Crippen molar-refractivity contribution in [2.75, 3.05) is 32.8 Å². The molecular weight excluding hydrogens is 444 g/mol. The summed E-state index contributed by atoms with van der Waals surface area (Å²) in [6.07, 6.45) is 0. The quantitative estimate of drug-likeness (QED) is 0.642. The van der Waals surface area contributed by atoms with Gasteiger partial charge in [-0.2, -0.15) is 13.1 Å². The molecule has 0 unspecified atom stereocenters. The lowest BCUT2D eigenvalue weighted by Gasteiger charge is -2.34. The smallest absolute Gasteiger partial charge is 0.387 e. The number of sulfonamides is 1. The minimum atomic E-state index is -3.67. The van der Waals surface area contributed by atoms with Crippen LogP contribution in [0.2, 0.25) is 0 Å². The number of urea groups is 1. The maximum atomic E-state index is 12.9. The number of nitrogens with zero attached hydrogens (tertiary/aromatic N) is 2. The predicted molar refractivity (Wildman–Crippen MR) is 113 cm³/mol. The number of halogens is 2. The van der Waals surface area contributed by atoms with Crippen molar-refractivity contribution in [3.05, 3.63) is 54.1 Å². The molecule has 1 N–H and O–H groups in total. The van der Waals surface area contributed by atoms with Gasteiger partial charge in [-0.25, -0.2) is 13.2 Å². The van der Waals surface area contributed by atoms with Crippen molar-refractivity contribution >= 4 is 16.1 Å². The number of nitrogens with one attached hydrogen (secondary N) is 1. The van der Waals surface area contributed by atoms with E-state index in [0.717, 1.165) is 0 Å². The molecular formula is C21H25F2N3O5S. The van der Waals surface area contributed by atoms with Crippen molar-refractivity contribution in [2.45, 2.75) is 25.0 Å². The molecule has 0 radical (unpaired) electrons. The second kappa shape index (κ2) is 10.6. The highest BCUT2D eigenvalue weighted by Gasteiger charge is 2.30. The molecule has 1 saturated heterocycles. The monoisotopic (exact) mass is 469 g/mol. The molecule has 0 atom stereocenters. The Hall–Kier alpha value is -2.92. The topological polar surface area (TPSA) is 88.2 Å². The highest BCUT2D eigenvalue weighted by molar-refractivity contribution is 7.89. The van der Waals surface area contributed by atoms with Crippen LogP contribution in [0.3, 0.4) is 0 Å². The molecule has 1 heterocycles. The number of ether oxygens (including phenoxy) is 2. The van der Waals surface area contributed by atoms with E-state index in [4.69, 9.17) is 4.74 Å². The number of hydrogen-bond acceptors (Lipinski definition) is 5. The molecule has 1 aliphatic heterocycles. The van der Waals surface area contributed by atoms with Crippen LogP contribution in [-0.4, -0.2) is 63.1 Å². The molecule has 0 aliphatic carbocycles. The van der Waals surface area contributed by atoms with E-state index in [9.17, 15) is 22.0 Å². The molecule has 2 amide bonds. The standard InChI is InChI=1S/C21H25F2N3O5S/c1-2-30-17-6-8-19(9-7-17)32(28,29)26-12-10-25(11-13-26)21(27)24-15-16-4-3-5-18(14-16)31-20(22)23/h3-9,14,20H,2,10-13,15H2,1H3,(H,24,27). The fourth-order valence-corrected chi connectivity index (χ4v) is 4.70. The lowest BCUT2D eigenvalue weighted by molar-refractivity contribution is -0.0498. The number of hydrogen-bond donors (Lipinski definition) is 1. The number of rotatable bonds is 8. The van der Waals surface area contributed by atoms with Crippen molar-refractivity contribution < 1.29 is 31.5 Å². The van der Waals surface area contributed by atoms with E-state index in [1.165, 1.54) is 33.5 Å². The van der Waals surface area contributed by atoms with Gasteiger partial charge in [-0.15, -0.1) is 0 Å². The van der Waals surface area contributed by atoms with E-state index in [1.54, 1.807) is 24.3 Å². The third-order valence-electron chi connectivity index (χ3n) is 4.87. The summed E-state index contributed by atoms with van der Waals surface area (Å²) in [6, 6.07) is 11.9. The molecule has 0 aromatic heterocycles. The highest BCUT2D eigenvalue weighted by Crippen LogP contribution is 2.21. The van der Waals surface area contributed by atoms with Crippen molar-refractivity contribution in [1.82, 2.24) is 14.5 Å². The van der Waals surface area contributed by atoms with Gasteiger partial charge in [0, 0.05) is 32.7 Å². The summed E-state index contributed by atoms with van der Waals surface area (Å²) in [5.41, 5.74) is 0.605. The maximum Gasteiger partial charge on any atom is 0.387 e. The van der Waals surface area contributed by atoms with Crippen LogP contribution >= 0.6 is 0 Å². The van der Waals surface area contributed by atoms with E-state index in [1.807, 2.05) is 6.92 Å². The normalized spacial score (nSPS) is 14.9. The van der Waals surface area contributed by atoms with Gasteiger partial charge in [0.25, 0.3) is 0 Å². The molecule has 0 spiro atoms. The Kier molecular flexibility index (Phi) is 7.86. The summed E-state index contributed by atoms with van der Waals surface area (Å²) in [6.45, 7) is 0.345. The Bertz CT molecular complexity index is 1010. The molecule has 1 aliphatic rings. The SMILES string of the molecule is CCOc1ccc(S(=O)(=O)N2CCN(C(=O)NCc3cccc(OC(F)F)c3)CC2)cc1. The van der Waals surface area contributed by atoms with Crippen molar-refractivity contribution in [2.24, 2.45) is 0 Å². The summed E-state index contributed by atoms with van der Waals surface area (Å²) in [5, 5.41) is 2.71. The fraction of sp³-hybridized carbons (Fsp3) is 0.381. The minimum Gasteiger partial charge on any atom is -0.494 e. The lowest BCUT2D eigenvalue weighted by Crippen LogP contribution is -2.52. The lowest BCUT2D eigenvalue weighted by atomic mass is 10.2. The minimum absolute atomic E-state index is 0.0138. The maximum absolute atomic E-state index is 12.9. The first-order chi connectivity index (χ1) is 15.3. The van der Waals surface area contributed by atoms with Crippen molar-refractivity contribution in [3.63, 3.8) is 0 Å². The predicted octanol–water partition coefficient (Wildman–Crippen LogP) is 2.90. The van der Waals surface area contributed by atoms with Gasteiger partial charge in [0.1, 0.15) is 11.5 Å². The van der Waals surface area contributed by atoms with Gasteiger partial charge in [0.2, 0.25) is 10.0 Å². The molecule has 0 saturated carbocycles. The Morgan fingerprint density at radius 3 is 2.38 bits per heavy atom. The van der Waals surface area contributed by atoms with Crippen LogP contribution in [0.5, 0.6) is 11.5 Å². The molecule has 8 nitrogen and oxygen atoms in total. The zero-order valence-electron chi connectivity index (χ0n) is 17.5. The van der Waals surface area contributed by atoms with Crippen LogP contribution in [0.1, 0.15) is 12.5 Å². The third kappa shape index (κ3) is 6.07. The van der Waals surface area contributed by atoms with Gasteiger partial charge < -0.3 is 19.7 Å². The molecule has 32 heavy (non-hydrogen) atoms. The number of amides is 2. The molecule has 2 aromatic carbocycles. The van der Waals surface area contributed by atoms with Crippen LogP contribution in [0.25, 0.3) is 0 Å². The molecule has 1 fully saturated rings. The zero-order chi connectivity index (χ0) is 23.1. The van der Waals surface area contributed by atoms with Crippen LogP contribution in [-0.2, 0) is 16.6 Å². The summed E-state index contributed by atoms with van der Waals surface area (Å²) in [4.78, 5) is 14.1. The first-order valence-electron chi connectivity index (χ1n) is 10.1. The molecule has 174 valence electrons. The summed E-state index contributed by atoms with van der Waals surface area (Å²) in [5.74, 6) is 0.610. The van der Waals surface area contributed by atoms with Gasteiger partial charge >= 0.3 is 12.6 Å². The van der Waals surface area contributed by atoms with E-state index in [-0.39, 0.29) is 49.4 Å². The number of carbonyl (C=O) groups excluding carboxylic acids is 1. The second-order valence-electron chi connectivity index (χ2n) is 6.98. The van der Waals surface area contributed by atoms with E-state index >= 15 is 0 Å². The van der Waals surface area contributed by atoms with Crippen LogP contribution in [0.4, 0.5) is 13.6 Å². The summed E-state index contributed by atoms with van der Waals surface area (Å²) >= 11 is 0. The number of alkyl halides is 2. The first-order valence-corrected chi connectivity index (χ1v) is 11.5. The Balaban J connectivity index is 1.52. The number of benzene rings is 2. The third-order valence-corrected chi connectivity index (χ3v) is 6.78. The van der Waals surface area contributed by atoms with Gasteiger partial charge in [0.15, 0.2) is 0 Å². The molecule has 0 bridgehead atoms. The Labute approximate surface area is 185 Å². The molecule has 11 heteroatoms. The van der Waals surface area contributed by atoms with Crippen LogP contribution in [0.15, 0.2) is 53.4 Å². The van der Waals surface area contributed by atoms with Crippen LogP contribution in [0, 0.1) is 0 Å². The second-order valence-corrected chi connectivity index (χ2v) is 8.92. The van der Waals surface area contributed by atoms with Gasteiger partial charge in [0.05, 0.1) is 11.5 Å². The van der Waals surface area contributed by atoms with Crippen molar-refractivity contribution in [3.8, 4) is 11.5 Å². The number of piperazine rings is 1. The first kappa shape index (κ1) is 23.7. The summed E-state index contributed by atoms with van der Waals surface area (Å²) in [7, 11) is -3.67. The summed E-state index contributed by atoms with van der Waals surface area (Å²) < 4.78 is 61.4. The molecule has 2 aromatic rings. The van der Waals surface area contributed by atoms with Crippen molar-refractivity contribution in [1.29, 1.82) is 0 Å². The van der Waals surface area contributed by atoms with Gasteiger partial charge in [-0.1, -0.05) is 12.1 Å². The van der Waals surface area contributed by atoms with Gasteiger partial charge in [-0.3, -0.25) is 0 Å².